The van der Waals surface area contributed by atoms with Crippen molar-refractivity contribution in [2.45, 2.75) is 64.3 Å². The van der Waals surface area contributed by atoms with Crippen molar-refractivity contribution in [1.29, 1.82) is 0 Å². The van der Waals surface area contributed by atoms with Crippen molar-refractivity contribution in [2.24, 2.45) is 17.6 Å². The fraction of sp³-hybridized carbons (Fsp3) is 0.867. The maximum Gasteiger partial charge on any atom is 0.303 e. The average Bonchev–Trinajstić information content (AvgIpc) is 2.42. The molecule has 1 aliphatic rings. The standard InChI is InChI=1S/C15H28N2O3/c1-2-11(7-8-14(18)19)9-10-17-15(20)12-5-3-4-6-13(12)16/h11-13H,2-10,16H2,1H3,(H,17,20)(H,18,19). The molecular formula is C15H28N2O3. The number of rotatable bonds is 8. The Labute approximate surface area is 121 Å². The Morgan fingerprint density at radius 3 is 2.60 bits per heavy atom. The Kier molecular flexibility index (Phi) is 7.59. The Balaban J connectivity index is 2.24. The molecule has 0 bridgehead atoms. The van der Waals surface area contributed by atoms with E-state index in [-0.39, 0.29) is 24.3 Å². The first-order valence-electron chi connectivity index (χ1n) is 7.79. The van der Waals surface area contributed by atoms with Crippen molar-refractivity contribution in [2.75, 3.05) is 6.54 Å². The summed E-state index contributed by atoms with van der Waals surface area (Å²) in [5.41, 5.74) is 5.99. The molecule has 1 fully saturated rings. The molecule has 1 rings (SSSR count). The van der Waals surface area contributed by atoms with E-state index >= 15 is 0 Å². The van der Waals surface area contributed by atoms with E-state index in [0.29, 0.717) is 18.9 Å². The average molecular weight is 284 g/mol. The van der Waals surface area contributed by atoms with Crippen LogP contribution < -0.4 is 11.1 Å². The number of nitrogens with one attached hydrogen (secondary N) is 1. The van der Waals surface area contributed by atoms with Crippen molar-refractivity contribution in [3.63, 3.8) is 0 Å². The molecule has 0 aliphatic heterocycles. The molecule has 1 aliphatic carbocycles. The van der Waals surface area contributed by atoms with E-state index in [1.54, 1.807) is 0 Å². The number of hydrogen-bond acceptors (Lipinski definition) is 3. The molecular weight excluding hydrogens is 256 g/mol. The van der Waals surface area contributed by atoms with Crippen LogP contribution in [-0.4, -0.2) is 29.6 Å². The number of carbonyl (C=O) groups excluding carboxylic acids is 1. The summed E-state index contributed by atoms with van der Waals surface area (Å²) in [5.74, 6) is -0.347. The minimum absolute atomic E-state index is 0.00210. The molecule has 0 heterocycles. The van der Waals surface area contributed by atoms with Gasteiger partial charge in [0.25, 0.3) is 0 Å². The van der Waals surface area contributed by atoms with Crippen LogP contribution in [0.25, 0.3) is 0 Å². The van der Waals surface area contributed by atoms with Crippen molar-refractivity contribution in [1.82, 2.24) is 5.32 Å². The molecule has 1 amide bonds. The molecule has 0 aromatic carbocycles. The lowest BCUT2D eigenvalue weighted by molar-refractivity contribution is -0.137. The summed E-state index contributed by atoms with van der Waals surface area (Å²) in [6.45, 7) is 2.69. The summed E-state index contributed by atoms with van der Waals surface area (Å²) in [6, 6.07) is -0.00210. The molecule has 20 heavy (non-hydrogen) atoms. The predicted molar refractivity (Wildman–Crippen MR) is 78.2 cm³/mol. The summed E-state index contributed by atoms with van der Waals surface area (Å²) >= 11 is 0. The van der Waals surface area contributed by atoms with E-state index in [4.69, 9.17) is 10.8 Å². The number of carboxylic acids is 1. The Bertz CT molecular complexity index is 320. The maximum absolute atomic E-state index is 12.1. The Hall–Kier alpha value is -1.10. The molecule has 5 nitrogen and oxygen atoms in total. The normalized spacial score (nSPS) is 24.1. The Morgan fingerprint density at radius 1 is 1.30 bits per heavy atom. The van der Waals surface area contributed by atoms with E-state index in [1.807, 2.05) is 0 Å². The van der Waals surface area contributed by atoms with Gasteiger partial charge >= 0.3 is 5.97 Å². The van der Waals surface area contributed by atoms with Crippen LogP contribution >= 0.6 is 0 Å². The molecule has 3 unspecified atom stereocenters. The second-order valence-corrected chi connectivity index (χ2v) is 5.84. The number of nitrogens with two attached hydrogens (primary N) is 1. The van der Waals surface area contributed by atoms with Crippen LogP contribution in [0.4, 0.5) is 0 Å². The summed E-state index contributed by atoms with van der Waals surface area (Å²) in [7, 11) is 0. The van der Waals surface area contributed by atoms with E-state index in [2.05, 4.69) is 12.2 Å². The second kappa shape index (κ2) is 8.95. The van der Waals surface area contributed by atoms with Gasteiger partial charge in [0.2, 0.25) is 5.91 Å². The molecule has 4 N–H and O–H groups in total. The van der Waals surface area contributed by atoms with Gasteiger partial charge in [-0.2, -0.15) is 0 Å². The molecule has 5 heteroatoms. The third kappa shape index (κ3) is 5.90. The summed E-state index contributed by atoms with van der Waals surface area (Å²) in [5, 5.41) is 11.7. The molecule has 3 atom stereocenters. The molecule has 116 valence electrons. The zero-order valence-corrected chi connectivity index (χ0v) is 12.4. The van der Waals surface area contributed by atoms with Gasteiger partial charge in [-0.15, -0.1) is 0 Å². The quantitative estimate of drug-likeness (QED) is 0.634. The van der Waals surface area contributed by atoms with Crippen LogP contribution in [0.5, 0.6) is 0 Å². The molecule has 1 saturated carbocycles. The monoisotopic (exact) mass is 284 g/mol. The van der Waals surface area contributed by atoms with Gasteiger partial charge in [0, 0.05) is 19.0 Å². The van der Waals surface area contributed by atoms with Gasteiger partial charge in [0.1, 0.15) is 0 Å². The lowest BCUT2D eigenvalue weighted by atomic mass is 9.84. The number of amides is 1. The highest BCUT2D eigenvalue weighted by molar-refractivity contribution is 5.79. The number of hydrogen-bond donors (Lipinski definition) is 3. The number of aliphatic carboxylic acids is 1. The first kappa shape index (κ1) is 17.0. The van der Waals surface area contributed by atoms with Crippen molar-refractivity contribution < 1.29 is 14.7 Å². The third-order valence-electron chi connectivity index (χ3n) is 4.35. The van der Waals surface area contributed by atoms with E-state index < -0.39 is 5.97 Å². The van der Waals surface area contributed by atoms with E-state index in [0.717, 1.165) is 38.5 Å². The molecule has 0 saturated heterocycles. The van der Waals surface area contributed by atoms with Gasteiger partial charge < -0.3 is 16.2 Å². The van der Waals surface area contributed by atoms with Gasteiger partial charge in [-0.3, -0.25) is 9.59 Å². The van der Waals surface area contributed by atoms with Gasteiger partial charge in [-0.25, -0.2) is 0 Å². The predicted octanol–water partition coefficient (Wildman–Crippen LogP) is 1.90. The Morgan fingerprint density at radius 2 is 2.00 bits per heavy atom. The van der Waals surface area contributed by atoms with Crippen LogP contribution in [0, 0.1) is 11.8 Å². The van der Waals surface area contributed by atoms with Crippen LogP contribution in [0.15, 0.2) is 0 Å². The first-order chi connectivity index (χ1) is 9.54. The molecule has 0 aromatic rings. The van der Waals surface area contributed by atoms with Crippen LogP contribution in [-0.2, 0) is 9.59 Å². The van der Waals surface area contributed by atoms with Crippen LogP contribution in [0.3, 0.4) is 0 Å². The lowest BCUT2D eigenvalue weighted by Gasteiger charge is -2.27. The maximum atomic E-state index is 12.1. The smallest absolute Gasteiger partial charge is 0.303 e. The largest absolute Gasteiger partial charge is 0.481 e. The first-order valence-corrected chi connectivity index (χ1v) is 7.79. The minimum atomic E-state index is -0.749. The topological polar surface area (TPSA) is 92.4 Å². The fourth-order valence-corrected chi connectivity index (χ4v) is 2.90. The van der Waals surface area contributed by atoms with Crippen molar-refractivity contribution >= 4 is 11.9 Å². The van der Waals surface area contributed by atoms with Crippen molar-refractivity contribution in [3.05, 3.63) is 0 Å². The summed E-state index contributed by atoms with van der Waals surface area (Å²) < 4.78 is 0. The molecule has 0 aromatic heterocycles. The molecule has 0 spiro atoms. The highest BCUT2D eigenvalue weighted by Gasteiger charge is 2.27. The third-order valence-corrected chi connectivity index (χ3v) is 4.35. The van der Waals surface area contributed by atoms with E-state index in [1.165, 1.54) is 0 Å². The van der Waals surface area contributed by atoms with Gasteiger partial charge in [-0.1, -0.05) is 26.2 Å². The van der Waals surface area contributed by atoms with Gasteiger partial charge in [-0.05, 0) is 31.6 Å². The fourth-order valence-electron chi connectivity index (χ4n) is 2.90. The van der Waals surface area contributed by atoms with Gasteiger partial charge in [0.15, 0.2) is 0 Å². The lowest BCUT2D eigenvalue weighted by Crippen LogP contribution is -2.44. The SMILES string of the molecule is CCC(CCNC(=O)C1CCCCC1N)CCC(=O)O. The van der Waals surface area contributed by atoms with E-state index in [9.17, 15) is 9.59 Å². The number of carbonyl (C=O) groups is 2. The molecule has 0 radical (unpaired) electrons. The summed E-state index contributed by atoms with van der Waals surface area (Å²) in [6.07, 6.45) is 6.73. The summed E-state index contributed by atoms with van der Waals surface area (Å²) in [4.78, 5) is 22.6. The zero-order chi connectivity index (χ0) is 15.0. The second-order valence-electron chi connectivity index (χ2n) is 5.84. The minimum Gasteiger partial charge on any atom is -0.481 e. The zero-order valence-electron chi connectivity index (χ0n) is 12.4. The highest BCUT2D eigenvalue weighted by atomic mass is 16.4. The van der Waals surface area contributed by atoms with Crippen LogP contribution in [0.1, 0.15) is 58.3 Å². The number of carboxylic acid groups (broad SMARTS) is 1. The van der Waals surface area contributed by atoms with Crippen LogP contribution in [0.2, 0.25) is 0 Å². The van der Waals surface area contributed by atoms with Crippen molar-refractivity contribution in [3.8, 4) is 0 Å². The highest BCUT2D eigenvalue weighted by Crippen LogP contribution is 2.23. The van der Waals surface area contributed by atoms with Gasteiger partial charge in [0.05, 0.1) is 5.92 Å².